The minimum Gasteiger partial charge on any atom is -0.432 e. The summed E-state index contributed by atoms with van der Waals surface area (Å²) >= 11 is 0. The van der Waals surface area contributed by atoms with Gasteiger partial charge < -0.3 is 10.1 Å². The van der Waals surface area contributed by atoms with E-state index in [1.807, 2.05) is 7.05 Å². The lowest BCUT2D eigenvalue weighted by Crippen LogP contribution is -2.43. The van der Waals surface area contributed by atoms with Crippen molar-refractivity contribution >= 4 is 12.4 Å². The molecular formula is C14H20ClF3N2O. The van der Waals surface area contributed by atoms with Crippen LogP contribution in [-0.2, 0) is 6.54 Å². The van der Waals surface area contributed by atoms with Crippen molar-refractivity contribution in [3.8, 4) is 5.75 Å². The molecule has 0 saturated carbocycles. The number of benzene rings is 1. The Morgan fingerprint density at radius 1 is 1.43 bits per heavy atom. The number of ether oxygens (including phenoxy) is 1. The van der Waals surface area contributed by atoms with Gasteiger partial charge in [-0.15, -0.1) is 12.4 Å². The van der Waals surface area contributed by atoms with Gasteiger partial charge in [0.15, 0.2) is 11.6 Å². The van der Waals surface area contributed by atoms with E-state index in [0.29, 0.717) is 12.6 Å². The Morgan fingerprint density at radius 2 is 2.19 bits per heavy atom. The molecule has 7 heteroatoms. The van der Waals surface area contributed by atoms with E-state index in [4.69, 9.17) is 0 Å². The molecule has 0 amide bonds. The Balaban J connectivity index is 0.00000220. The second kappa shape index (κ2) is 8.46. The molecule has 21 heavy (non-hydrogen) atoms. The second-order valence-electron chi connectivity index (χ2n) is 5.01. The third-order valence-electron chi connectivity index (χ3n) is 3.53. The predicted octanol–water partition coefficient (Wildman–Crippen LogP) is 3.03. The molecule has 0 radical (unpaired) electrons. The molecule has 0 aliphatic carbocycles. The quantitative estimate of drug-likeness (QED) is 0.901. The maximum Gasteiger partial charge on any atom is 0.387 e. The van der Waals surface area contributed by atoms with Crippen LogP contribution in [0.3, 0.4) is 0 Å². The molecule has 1 aromatic carbocycles. The summed E-state index contributed by atoms with van der Waals surface area (Å²) in [7, 11) is 1.93. The van der Waals surface area contributed by atoms with E-state index >= 15 is 0 Å². The van der Waals surface area contributed by atoms with Crippen LogP contribution < -0.4 is 10.1 Å². The topological polar surface area (TPSA) is 24.5 Å². The van der Waals surface area contributed by atoms with Crippen LogP contribution >= 0.6 is 12.4 Å². The zero-order chi connectivity index (χ0) is 14.5. The van der Waals surface area contributed by atoms with Gasteiger partial charge in [0.05, 0.1) is 0 Å². The van der Waals surface area contributed by atoms with E-state index in [-0.39, 0.29) is 12.4 Å². The maximum atomic E-state index is 13.6. The standard InChI is InChI=1S/C14H19F3N2O.ClH/c1-18-11-3-2-6-19(9-11)8-10-4-5-13(12(15)7-10)20-14(16)17;/h4-5,7,11,14,18H,2-3,6,8-9H2,1H3;1H. The summed E-state index contributed by atoms with van der Waals surface area (Å²) in [6, 6.07) is 4.61. The maximum absolute atomic E-state index is 13.6. The summed E-state index contributed by atoms with van der Waals surface area (Å²) in [5.74, 6) is -1.15. The summed E-state index contributed by atoms with van der Waals surface area (Å²) in [6.45, 7) is -0.513. The van der Waals surface area contributed by atoms with Crippen molar-refractivity contribution in [1.82, 2.24) is 10.2 Å². The van der Waals surface area contributed by atoms with Crippen LogP contribution in [-0.4, -0.2) is 37.7 Å². The van der Waals surface area contributed by atoms with E-state index in [1.165, 1.54) is 12.1 Å². The van der Waals surface area contributed by atoms with E-state index in [0.717, 1.165) is 31.5 Å². The lowest BCUT2D eigenvalue weighted by Gasteiger charge is -2.32. The van der Waals surface area contributed by atoms with Crippen LogP contribution in [0.15, 0.2) is 18.2 Å². The summed E-state index contributed by atoms with van der Waals surface area (Å²) in [6.07, 6.45) is 2.24. The lowest BCUT2D eigenvalue weighted by atomic mass is 10.0. The number of halogens is 4. The predicted molar refractivity (Wildman–Crippen MR) is 77.6 cm³/mol. The van der Waals surface area contributed by atoms with Crippen molar-refractivity contribution in [2.24, 2.45) is 0 Å². The van der Waals surface area contributed by atoms with E-state index in [2.05, 4.69) is 15.0 Å². The molecule has 1 unspecified atom stereocenters. The highest BCUT2D eigenvalue weighted by Gasteiger charge is 2.19. The average molecular weight is 325 g/mol. The van der Waals surface area contributed by atoms with Gasteiger partial charge in [-0.3, -0.25) is 4.90 Å². The molecule has 0 spiro atoms. The molecule has 1 atom stereocenters. The van der Waals surface area contributed by atoms with Gasteiger partial charge in [0.25, 0.3) is 0 Å². The smallest absolute Gasteiger partial charge is 0.387 e. The van der Waals surface area contributed by atoms with Crippen molar-refractivity contribution in [2.45, 2.75) is 32.0 Å². The fourth-order valence-electron chi connectivity index (χ4n) is 2.53. The number of nitrogens with one attached hydrogen (secondary N) is 1. The number of piperidine rings is 1. The van der Waals surface area contributed by atoms with Gasteiger partial charge >= 0.3 is 6.61 Å². The Hall–Kier alpha value is -0.980. The normalized spacial score (nSPS) is 19.4. The van der Waals surface area contributed by atoms with Gasteiger partial charge in [-0.2, -0.15) is 8.78 Å². The average Bonchev–Trinajstić information content (AvgIpc) is 2.42. The highest BCUT2D eigenvalue weighted by Crippen LogP contribution is 2.22. The van der Waals surface area contributed by atoms with E-state index in [9.17, 15) is 13.2 Å². The van der Waals surface area contributed by atoms with Crippen LogP contribution in [0.2, 0.25) is 0 Å². The van der Waals surface area contributed by atoms with Crippen molar-refractivity contribution in [3.63, 3.8) is 0 Å². The van der Waals surface area contributed by atoms with Crippen molar-refractivity contribution in [3.05, 3.63) is 29.6 Å². The summed E-state index contributed by atoms with van der Waals surface area (Å²) in [5.41, 5.74) is 0.765. The fourth-order valence-corrected chi connectivity index (χ4v) is 2.53. The Bertz CT molecular complexity index is 448. The van der Waals surface area contributed by atoms with Crippen LogP contribution in [0.25, 0.3) is 0 Å². The molecule has 1 aromatic rings. The van der Waals surface area contributed by atoms with E-state index in [1.54, 1.807) is 6.07 Å². The summed E-state index contributed by atoms with van der Waals surface area (Å²) in [5, 5.41) is 3.24. The first kappa shape index (κ1) is 18.1. The van der Waals surface area contributed by atoms with Gasteiger partial charge in [0.1, 0.15) is 0 Å². The molecule has 1 fully saturated rings. The molecule has 120 valence electrons. The first-order valence-electron chi connectivity index (χ1n) is 6.71. The first-order chi connectivity index (χ1) is 9.58. The molecule has 1 heterocycles. The molecule has 0 aromatic heterocycles. The zero-order valence-electron chi connectivity index (χ0n) is 11.8. The molecule has 1 saturated heterocycles. The SMILES string of the molecule is CNC1CCCN(Cc2ccc(OC(F)F)c(F)c2)C1.Cl. The summed E-state index contributed by atoms with van der Waals surface area (Å²) < 4.78 is 41.8. The fraction of sp³-hybridized carbons (Fsp3) is 0.571. The number of hydrogen-bond donors (Lipinski definition) is 1. The van der Waals surface area contributed by atoms with Gasteiger partial charge in [0.2, 0.25) is 0 Å². The van der Waals surface area contributed by atoms with Gasteiger partial charge in [-0.25, -0.2) is 4.39 Å². The number of alkyl halides is 2. The minimum absolute atomic E-state index is 0. The molecule has 1 N–H and O–H groups in total. The molecular weight excluding hydrogens is 305 g/mol. The molecule has 3 nitrogen and oxygen atoms in total. The zero-order valence-corrected chi connectivity index (χ0v) is 12.6. The third-order valence-corrected chi connectivity index (χ3v) is 3.53. The van der Waals surface area contributed by atoms with Crippen LogP contribution in [0.5, 0.6) is 5.75 Å². The number of likely N-dealkylation sites (N-methyl/N-ethyl adjacent to an activating group) is 1. The van der Waals surface area contributed by atoms with Crippen molar-refractivity contribution in [2.75, 3.05) is 20.1 Å². The Kier molecular flexibility index (Phi) is 7.28. The van der Waals surface area contributed by atoms with Gasteiger partial charge in [-0.1, -0.05) is 6.07 Å². The van der Waals surface area contributed by atoms with Crippen molar-refractivity contribution in [1.29, 1.82) is 0 Å². The van der Waals surface area contributed by atoms with Gasteiger partial charge in [0, 0.05) is 19.1 Å². The lowest BCUT2D eigenvalue weighted by molar-refractivity contribution is -0.0522. The first-order valence-corrected chi connectivity index (χ1v) is 6.71. The van der Waals surface area contributed by atoms with Crippen LogP contribution in [0.1, 0.15) is 18.4 Å². The number of nitrogens with zero attached hydrogens (tertiary/aromatic N) is 1. The molecule has 1 aliphatic rings. The Labute approximate surface area is 128 Å². The molecule has 0 bridgehead atoms. The number of hydrogen-bond acceptors (Lipinski definition) is 3. The largest absolute Gasteiger partial charge is 0.432 e. The number of rotatable bonds is 5. The Morgan fingerprint density at radius 3 is 2.81 bits per heavy atom. The van der Waals surface area contributed by atoms with Crippen LogP contribution in [0, 0.1) is 5.82 Å². The minimum atomic E-state index is -3.01. The highest BCUT2D eigenvalue weighted by molar-refractivity contribution is 5.85. The third kappa shape index (κ3) is 5.37. The van der Waals surface area contributed by atoms with Gasteiger partial charge in [-0.05, 0) is 44.1 Å². The van der Waals surface area contributed by atoms with E-state index < -0.39 is 18.2 Å². The monoisotopic (exact) mass is 324 g/mol. The second-order valence-corrected chi connectivity index (χ2v) is 5.01. The van der Waals surface area contributed by atoms with Crippen LogP contribution in [0.4, 0.5) is 13.2 Å². The van der Waals surface area contributed by atoms with Crippen molar-refractivity contribution < 1.29 is 17.9 Å². The summed E-state index contributed by atoms with van der Waals surface area (Å²) in [4.78, 5) is 2.23. The highest BCUT2D eigenvalue weighted by atomic mass is 35.5. The molecule has 2 rings (SSSR count). The number of likely N-dealkylation sites (tertiary alicyclic amines) is 1. The molecule has 1 aliphatic heterocycles.